The van der Waals surface area contributed by atoms with Gasteiger partial charge >= 0.3 is 5.97 Å². The third kappa shape index (κ3) is 6.36. The molecule has 4 aromatic rings. The van der Waals surface area contributed by atoms with Crippen LogP contribution in [-0.2, 0) is 27.4 Å². The number of nitrogens with one attached hydrogen (secondary N) is 1. The minimum atomic E-state index is -0.648. The number of rotatable bonds is 9. The number of nitrogens with zero attached hydrogens (tertiary/aromatic N) is 2. The third-order valence-corrected chi connectivity index (χ3v) is 7.45. The molecule has 5 rings (SSSR count). The second kappa shape index (κ2) is 12.6. The highest BCUT2D eigenvalue weighted by atomic mass is 32.2. The van der Waals surface area contributed by atoms with E-state index in [0.717, 1.165) is 22.0 Å². The van der Waals surface area contributed by atoms with Crippen LogP contribution in [0.2, 0.25) is 0 Å². The van der Waals surface area contributed by atoms with Crippen LogP contribution >= 0.6 is 11.8 Å². The number of amides is 1. The fourth-order valence-electron chi connectivity index (χ4n) is 4.44. The molecule has 0 aliphatic carbocycles. The second-order valence-electron chi connectivity index (χ2n) is 9.16. The Bertz CT molecular complexity index is 1670. The molecule has 0 bridgehead atoms. The summed E-state index contributed by atoms with van der Waals surface area (Å²) in [7, 11) is 1.58. The first-order chi connectivity index (χ1) is 20.0. The van der Waals surface area contributed by atoms with Crippen molar-refractivity contribution in [2.75, 3.05) is 13.7 Å². The van der Waals surface area contributed by atoms with Gasteiger partial charge in [0.15, 0.2) is 0 Å². The lowest BCUT2D eigenvalue weighted by Crippen LogP contribution is -2.26. The lowest BCUT2D eigenvalue weighted by Gasteiger charge is -2.07. The first-order valence-electron chi connectivity index (χ1n) is 13.1. The number of para-hydroxylation sites is 1. The van der Waals surface area contributed by atoms with Crippen LogP contribution in [0.1, 0.15) is 18.1 Å². The summed E-state index contributed by atoms with van der Waals surface area (Å²) in [5.74, 6) is -0.281. The van der Waals surface area contributed by atoms with Gasteiger partial charge in [-0.05, 0) is 48.9 Å². The van der Waals surface area contributed by atoms with Gasteiger partial charge in [-0.15, -0.1) is 0 Å². The highest BCUT2D eigenvalue weighted by Gasteiger charge is 2.33. The van der Waals surface area contributed by atoms with Gasteiger partial charge in [0.2, 0.25) is 5.91 Å². The lowest BCUT2D eigenvalue weighted by atomic mass is 10.1. The summed E-state index contributed by atoms with van der Waals surface area (Å²) >= 11 is 1.18. The monoisotopic (exact) mass is 567 g/mol. The molecule has 9 heteroatoms. The average Bonchev–Trinajstić information content (AvgIpc) is 3.49. The Labute approximate surface area is 242 Å². The molecule has 41 heavy (non-hydrogen) atoms. The highest BCUT2D eigenvalue weighted by Crippen LogP contribution is 2.41. The van der Waals surface area contributed by atoms with Gasteiger partial charge in [-0.25, -0.2) is 9.79 Å². The number of thioether (sulfide) groups is 1. The maximum Gasteiger partial charge on any atom is 0.344 e. The fourth-order valence-corrected chi connectivity index (χ4v) is 5.46. The summed E-state index contributed by atoms with van der Waals surface area (Å²) < 4.78 is 12.3. The average molecular weight is 568 g/mol. The smallest absolute Gasteiger partial charge is 0.344 e. The van der Waals surface area contributed by atoms with E-state index in [4.69, 9.17) is 9.47 Å². The molecule has 0 unspecified atom stereocenters. The van der Waals surface area contributed by atoms with Crippen molar-refractivity contribution in [1.82, 2.24) is 9.88 Å². The number of benzene rings is 3. The van der Waals surface area contributed by atoms with Crippen LogP contribution < -0.4 is 10.1 Å². The number of ether oxygens (including phenoxy) is 2. The van der Waals surface area contributed by atoms with E-state index in [2.05, 4.69) is 10.3 Å². The van der Waals surface area contributed by atoms with Gasteiger partial charge in [0.05, 0.1) is 24.3 Å². The Morgan fingerprint density at radius 3 is 2.49 bits per heavy atom. The number of hydrogen-bond donors (Lipinski definition) is 2. The van der Waals surface area contributed by atoms with Gasteiger partial charge in [0.1, 0.15) is 28.7 Å². The fraction of sp³-hybridized carbons (Fsp3) is 0.156. The molecular formula is C32H29N3O5S. The molecule has 208 valence electrons. The van der Waals surface area contributed by atoms with E-state index in [1.165, 1.54) is 11.8 Å². The molecule has 2 N–H and O–H groups in total. The van der Waals surface area contributed by atoms with Gasteiger partial charge in [0.25, 0.3) is 0 Å². The first kappa shape index (κ1) is 27.8. The molecule has 0 saturated carbocycles. The number of hydrogen-bond acceptors (Lipinski definition) is 7. The van der Waals surface area contributed by atoms with E-state index in [-0.39, 0.29) is 30.4 Å². The number of aromatic nitrogens is 1. The van der Waals surface area contributed by atoms with E-state index in [9.17, 15) is 14.7 Å². The molecule has 1 amide bonds. The normalized spacial score (nSPS) is 15.1. The van der Waals surface area contributed by atoms with Gasteiger partial charge in [-0.3, -0.25) is 4.79 Å². The number of carbonyl (C=O) groups excluding carboxylic acids is 2. The maximum atomic E-state index is 12.8. The van der Waals surface area contributed by atoms with Crippen LogP contribution in [0.25, 0.3) is 17.0 Å². The summed E-state index contributed by atoms with van der Waals surface area (Å²) in [4.78, 5) is 30.7. The van der Waals surface area contributed by atoms with Crippen molar-refractivity contribution in [3.05, 3.63) is 112 Å². The van der Waals surface area contributed by atoms with E-state index in [1.54, 1.807) is 44.4 Å². The molecule has 0 atom stereocenters. The Morgan fingerprint density at radius 2 is 1.76 bits per heavy atom. The summed E-state index contributed by atoms with van der Waals surface area (Å²) in [6, 6.07) is 24.6. The minimum Gasteiger partial charge on any atom is -0.506 e. The number of fused-ring (bicyclic) bond motifs is 1. The van der Waals surface area contributed by atoms with Crippen LogP contribution in [0, 0.1) is 0 Å². The summed E-state index contributed by atoms with van der Waals surface area (Å²) in [6.45, 7) is 2.44. The molecule has 1 aliphatic heterocycles. The van der Waals surface area contributed by atoms with Gasteiger partial charge in [-0.1, -0.05) is 60.3 Å². The molecule has 0 saturated heterocycles. The predicted octanol–water partition coefficient (Wildman–Crippen LogP) is 6.16. The highest BCUT2D eigenvalue weighted by molar-refractivity contribution is 8.18. The molecule has 2 heterocycles. The van der Waals surface area contributed by atoms with Crippen molar-refractivity contribution < 1.29 is 24.2 Å². The largest absolute Gasteiger partial charge is 0.506 e. The summed E-state index contributed by atoms with van der Waals surface area (Å²) in [5.41, 5.74) is 3.30. The first-order valence-corrected chi connectivity index (χ1v) is 13.9. The van der Waals surface area contributed by atoms with E-state index in [1.807, 2.05) is 65.4 Å². The van der Waals surface area contributed by atoms with Gasteiger partial charge in [0, 0.05) is 29.2 Å². The van der Waals surface area contributed by atoms with Crippen molar-refractivity contribution in [3.63, 3.8) is 0 Å². The zero-order chi connectivity index (χ0) is 28.8. The van der Waals surface area contributed by atoms with Crippen LogP contribution in [-0.4, -0.2) is 40.3 Å². The molecule has 0 spiro atoms. The molecule has 3 aromatic carbocycles. The van der Waals surface area contributed by atoms with Crippen LogP contribution in [0.5, 0.6) is 5.75 Å². The van der Waals surface area contributed by atoms with Crippen LogP contribution in [0.15, 0.2) is 106 Å². The van der Waals surface area contributed by atoms with Crippen molar-refractivity contribution in [2.24, 2.45) is 4.99 Å². The number of esters is 1. The predicted molar refractivity (Wildman–Crippen MR) is 162 cm³/mol. The lowest BCUT2D eigenvalue weighted by molar-refractivity contribution is -0.138. The summed E-state index contributed by atoms with van der Waals surface area (Å²) in [6.07, 6.45) is 3.67. The van der Waals surface area contributed by atoms with E-state index in [0.29, 0.717) is 27.9 Å². The SMILES string of the molecule is CCOC(=O)C1=C(O)C(=Cc2cn(CC(=O)NCc3ccccc3)c3ccccc23)SC1=Nc1ccc(OC)cc1. The Hall–Kier alpha value is -4.76. The van der Waals surface area contributed by atoms with Crippen molar-refractivity contribution >= 4 is 51.3 Å². The van der Waals surface area contributed by atoms with E-state index < -0.39 is 5.97 Å². The van der Waals surface area contributed by atoms with Crippen LogP contribution in [0.3, 0.4) is 0 Å². The van der Waals surface area contributed by atoms with Crippen molar-refractivity contribution in [3.8, 4) is 5.75 Å². The molecule has 1 aliphatic rings. The molecule has 0 fully saturated rings. The Morgan fingerprint density at radius 1 is 1.02 bits per heavy atom. The number of aliphatic hydroxyl groups is 1. The second-order valence-corrected chi connectivity index (χ2v) is 10.2. The number of carbonyl (C=O) groups is 2. The minimum absolute atomic E-state index is 0.0166. The zero-order valence-corrected chi connectivity index (χ0v) is 23.5. The quantitative estimate of drug-likeness (QED) is 0.235. The number of aliphatic hydroxyl groups excluding tert-OH is 1. The topological polar surface area (TPSA) is 102 Å². The number of methoxy groups -OCH3 is 1. The maximum absolute atomic E-state index is 12.8. The zero-order valence-electron chi connectivity index (χ0n) is 22.7. The molecule has 0 radical (unpaired) electrons. The van der Waals surface area contributed by atoms with E-state index >= 15 is 0 Å². The Balaban J connectivity index is 1.45. The number of aliphatic imine (C=N–C) groups is 1. The third-order valence-electron chi connectivity index (χ3n) is 6.43. The van der Waals surface area contributed by atoms with Gasteiger partial charge < -0.3 is 24.5 Å². The van der Waals surface area contributed by atoms with Crippen molar-refractivity contribution in [2.45, 2.75) is 20.0 Å². The standard InChI is InChI=1S/C32H29N3O5S/c1-3-40-32(38)29-30(37)27(41-31(29)34-23-13-15-24(39-2)16-14-23)17-22-19-35(26-12-8-7-11-25(22)26)20-28(36)33-18-21-9-5-4-6-10-21/h4-17,19,37H,3,18,20H2,1-2H3,(H,33,36). The molecule has 1 aromatic heterocycles. The molecule has 8 nitrogen and oxygen atoms in total. The van der Waals surface area contributed by atoms with Gasteiger partial charge in [-0.2, -0.15) is 0 Å². The van der Waals surface area contributed by atoms with Crippen molar-refractivity contribution in [1.29, 1.82) is 0 Å². The Kier molecular flexibility index (Phi) is 8.55. The summed E-state index contributed by atoms with van der Waals surface area (Å²) in [5, 5.41) is 15.4. The molecular weight excluding hydrogens is 538 g/mol. The van der Waals surface area contributed by atoms with Crippen LogP contribution in [0.4, 0.5) is 5.69 Å².